The van der Waals surface area contributed by atoms with Gasteiger partial charge in [-0.1, -0.05) is 26.0 Å². The summed E-state index contributed by atoms with van der Waals surface area (Å²) in [5, 5.41) is 0.529. The molecule has 126 valence electrons. The molecule has 2 N–H and O–H groups in total. The minimum atomic E-state index is -0.370. The number of halogens is 1. The highest BCUT2D eigenvalue weighted by Gasteiger charge is 2.21. The molecule has 0 saturated heterocycles. The largest absolute Gasteiger partial charge is 0.321 e. The lowest BCUT2D eigenvalue weighted by Gasteiger charge is -2.20. The standard InChI is InChI=1S/C17H19FN4OS/c1-9(2)14(19)15-20-16-13(10(3)21-24-16)17(23)22(15)8-11-4-6-12(18)7-5-11/h4-7,9,14H,8,19H2,1-3H3. The van der Waals surface area contributed by atoms with Crippen LogP contribution in [0.5, 0.6) is 0 Å². The Bertz CT molecular complexity index is 930. The first-order valence-corrected chi connectivity index (χ1v) is 8.52. The van der Waals surface area contributed by atoms with Crippen molar-refractivity contribution in [3.8, 4) is 0 Å². The SMILES string of the molecule is Cc1nsc2nc(C(N)C(C)C)n(Cc3ccc(F)cc3)c(=O)c12. The summed E-state index contributed by atoms with van der Waals surface area (Å²) in [6.45, 7) is 6.07. The first-order valence-electron chi connectivity index (χ1n) is 7.75. The molecule has 2 heterocycles. The number of nitrogens with two attached hydrogens (primary N) is 1. The second-order valence-electron chi connectivity index (χ2n) is 6.21. The van der Waals surface area contributed by atoms with E-state index in [-0.39, 0.29) is 23.3 Å². The Balaban J connectivity index is 2.20. The highest BCUT2D eigenvalue weighted by atomic mass is 32.1. The highest BCUT2D eigenvalue weighted by molar-refractivity contribution is 7.12. The molecule has 0 saturated carbocycles. The van der Waals surface area contributed by atoms with Crippen LogP contribution >= 0.6 is 11.5 Å². The van der Waals surface area contributed by atoms with Crippen molar-refractivity contribution < 1.29 is 4.39 Å². The van der Waals surface area contributed by atoms with Crippen LogP contribution in [-0.2, 0) is 6.54 Å². The molecule has 0 spiro atoms. The first kappa shape index (κ1) is 16.7. The summed E-state index contributed by atoms with van der Waals surface area (Å²) in [6, 6.07) is 5.72. The molecule has 1 aromatic carbocycles. The van der Waals surface area contributed by atoms with E-state index in [9.17, 15) is 9.18 Å². The van der Waals surface area contributed by atoms with Gasteiger partial charge in [0.25, 0.3) is 5.56 Å². The maximum absolute atomic E-state index is 13.1. The van der Waals surface area contributed by atoms with Gasteiger partial charge in [-0.3, -0.25) is 9.36 Å². The molecule has 1 atom stereocenters. The Kier molecular flexibility index (Phi) is 4.47. The van der Waals surface area contributed by atoms with Crippen LogP contribution in [-0.4, -0.2) is 13.9 Å². The fraction of sp³-hybridized carbons (Fsp3) is 0.353. The zero-order valence-corrected chi connectivity index (χ0v) is 14.6. The summed E-state index contributed by atoms with van der Waals surface area (Å²) in [5.41, 5.74) is 7.62. The molecule has 0 aliphatic carbocycles. The van der Waals surface area contributed by atoms with Gasteiger partial charge in [-0.2, -0.15) is 4.37 Å². The zero-order chi connectivity index (χ0) is 17.4. The van der Waals surface area contributed by atoms with Crippen LogP contribution in [0.1, 0.15) is 37.0 Å². The molecule has 7 heteroatoms. The van der Waals surface area contributed by atoms with E-state index in [1.165, 1.54) is 23.7 Å². The van der Waals surface area contributed by atoms with Crippen LogP contribution in [0.15, 0.2) is 29.1 Å². The van der Waals surface area contributed by atoms with Crippen LogP contribution in [0.4, 0.5) is 4.39 Å². The Morgan fingerprint density at radius 3 is 2.58 bits per heavy atom. The van der Waals surface area contributed by atoms with Crippen LogP contribution in [0, 0.1) is 18.7 Å². The number of rotatable bonds is 4. The molecule has 3 rings (SSSR count). The van der Waals surface area contributed by atoms with E-state index in [0.29, 0.717) is 28.3 Å². The normalized spacial score (nSPS) is 12.9. The van der Waals surface area contributed by atoms with Gasteiger partial charge in [0.05, 0.1) is 23.7 Å². The number of aryl methyl sites for hydroxylation is 1. The van der Waals surface area contributed by atoms with Crippen molar-refractivity contribution >= 4 is 21.7 Å². The minimum Gasteiger partial charge on any atom is -0.321 e. The van der Waals surface area contributed by atoms with Gasteiger partial charge in [-0.15, -0.1) is 0 Å². The molecule has 2 aromatic heterocycles. The summed E-state index contributed by atoms with van der Waals surface area (Å²) in [7, 11) is 0. The van der Waals surface area contributed by atoms with Crippen LogP contribution < -0.4 is 11.3 Å². The maximum atomic E-state index is 13.1. The van der Waals surface area contributed by atoms with E-state index in [1.807, 2.05) is 13.8 Å². The monoisotopic (exact) mass is 346 g/mol. The summed E-state index contributed by atoms with van der Waals surface area (Å²) < 4.78 is 19.0. The van der Waals surface area contributed by atoms with Gasteiger partial charge in [-0.05, 0) is 42.1 Å². The highest BCUT2D eigenvalue weighted by Crippen LogP contribution is 2.22. The van der Waals surface area contributed by atoms with E-state index < -0.39 is 0 Å². The molecule has 24 heavy (non-hydrogen) atoms. The average molecular weight is 346 g/mol. The molecule has 0 radical (unpaired) electrons. The quantitative estimate of drug-likeness (QED) is 0.788. The van der Waals surface area contributed by atoms with Gasteiger partial charge in [-0.25, -0.2) is 9.37 Å². The fourth-order valence-corrected chi connectivity index (χ4v) is 3.34. The van der Waals surface area contributed by atoms with E-state index in [2.05, 4.69) is 9.36 Å². The minimum absolute atomic E-state index is 0.128. The van der Waals surface area contributed by atoms with E-state index >= 15 is 0 Å². The summed E-state index contributed by atoms with van der Waals surface area (Å²) >= 11 is 1.21. The lowest BCUT2D eigenvalue weighted by atomic mass is 10.0. The lowest BCUT2D eigenvalue weighted by molar-refractivity contribution is 0.463. The predicted molar refractivity (Wildman–Crippen MR) is 93.7 cm³/mol. The average Bonchev–Trinajstić information content (AvgIpc) is 2.92. The van der Waals surface area contributed by atoms with Crippen molar-refractivity contribution in [3.05, 3.63) is 57.5 Å². The van der Waals surface area contributed by atoms with Crippen LogP contribution in [0.2, 0.25) is 0 Å². The molecule has 1 unspecified atom stereocenters. The summed E-state index contributed by atoms with van der Waals surface area (Å²) in [6.07, 6.45) is 0. The topological polar surface area (TPSA) is 73.8 Å². The molecule has 3 aromatic rings. The van der Waals surface area contributed by atoms with E-state index in [0.717, 1.165) is 5.56 Å². The molecule has 5 nitrogen and oxygen atoms in total. The van der Waals surface area contributed by atoms with Gasteiger partial charge in [0.2, 0.25) is 0 Å². The molecule has 0 fully saturated rings. The van der Waals surface area contributed by atoms with Gasteiger partial charge < -0.3 is 5.73 Å². The molecule has 0 aliphatic heterocycles. The van der Waals surface area contributed by atoms with Crippen molar-refractivity contribution in [3.63, 3.8) is 0 Å². The molecule has 0 bridgehead atoms. The smallest absolute Gasteiger partial charge is 0.264 e. The number of hydrogen-bond donors (Lipinski definition) is 1. The van der Waals surface area contributed by atoms with Crippen molar-refractivity contribution in [2.24, 2.45) is 11.7 Å². The zero-order valence-electron chi connectivity index (χ0n) is 13.8. The van der Waals surface area contributed by atoms with Crippen molar-refractivity contribution in [1.82, 2.24) is 13.9 Å². The van der Waals surface area contributed by atoms with Crippen LogP contribution in [0.25, 0.3) is 10.2 Å². The van der Waals surface area contributed by atoms with E-state index in [4.69, 9.17) is 5.73 Å². The lowest BCUT2D eigenvalue weighted by Crippen LogP contribution is -2.32. The van der Waals surface area contributed by atoms with Gasteiger partial charge in [0.1, 0.15) is 11.6 Å². The number of aromatic nitrogens is 3. The molecule has 0 amide bonds. The second kappa shape index (κ2) is 6.41. The molecular weight excluding hydrogens is 327 g/mol. The third-order valence-electron chi connectivity index (χ3n) is 4.07. The maximum Gasteiger partial charge on any atom is 0.264 e. The summed E-state index contributed by atoms with van der Waals surface area (Å²) in [4.78, 5) is 18.2. The first-order chi connectivity index (χ1) is 11.4. The number of nitrogens with zero attached hydrogens (tertiary/aromatic N) is 3. The van der Waals surface area contributed by atoms with Crippen LogP contribution in [0.3, 0.4) is 0 Å². The second-order valence-corrected chi connectivity index (χ2v) is 6.96. The third kappa shape index (κ3) is 2.97. The summed E-state index contributed by atoms with van der Waals surface area (Å²) in [5.74, 6) is 0.356. The predicted octanol–water partition coefficient (Wildman–Crippen LogP) is 3.00. The van der Waals surface area contributed by atoms with Gasteiger partial charge in [0.15, 0.2) is 4.83 Å². The fourth-order valence-electron chi connectivity index (χ4n) is 2.56. The van der Waals surface area contributed by atoms with Gasteiger partial charge in [0, 0.05) is 0 Å². The van der Waals surface area contributed by atoms with Gasteiger partial charge >= 0.3 is 0 Å². The van der Waals surface area contributed by atoms with Crippen molar-refractivity contribution in [2.45, 2.75) is 33.4 Å². The Morgan fingerprint density at radius 2 is 1.96 bits per heavy atom. The van der Waals surface area contributed by atoms with Crippen molar-refractivity contribution in [2.75, 3.05) is 0 Å². The third-order valence-corrected chi connectivity index (χ3v) is 4.90. The van der Waals surface area contributed by atoms with E-state index in [1.54, 1.807) is 23.6 Å². The molecular formula is C17H19FN4OS. The Labute approximate surface area is 143 Å². The Morgan fingerprint density at radius 1 is 1.29 bits per heavy atom. The van der Waals surface area contributed by atoms with Crippen molar-refractivity contribution in [1.29, 1.82) is 0 Å². The number of fused-ring (bicyclic) bond motifs is 1. The Hall–Kier alpha value is -2.12. The number of benzene rings is 1. The molecule has 0 aliphatic rings. The number of hydrogen-bond acceptors (Lipinski definition) is 5.